The fraction of sp³-hybridized carbons (Fsp3) is 0.190. The van der Waals surface area contributed by atoms with Crippen LogP contribution in [0.1, 0.15) is 22.4 Å². The van der Waals surface area contributed by atoms with Crippen LogP contribution in [0, 0.1) is 11.3 Å². The molecule has 0 saturated heterocycles. The minimum absolute atomic E-state index is 0.0767. The van der Waals surface area contributed by atoms with Crippen molar-refractivity contribution in [2.45, 2.75) is 19.5 Å². The zero-order valence-electron chi connectivity index (χ0n) is 14.3. The first-order valence-electron chi connectivity index (χ1n) is 8.62. The lowest BCUT2D eigenvalue weighted by molar-refractivity contribution is 0.241. The summed E-state index contributed by atoms with van der Waals surface area (Å²) in [5.74, 6) is 0.623. The summed E-state index contributed by atoms with van der Waals surface area (Å²) in [6.45, 7) is 2.02. The van der Waals surface area contributed by atoms with Crippen molar-refractivity contribution in [2.24, 2.45) is 0 Å². The number of nitrogens with one attached hydrogen (secondary N) is 1. The third kappa shape index (κ3) is 3.15. The van der Waals surface area contributed by atoms with E-state index in [9.17, 15) is 10.1 Å². The summed E-state index contributed by atoms with van der Waals surface area (Å²) >= 11 is 0. The molecule has 0 radical (unpaired) electrons. The number of nitrogens with zero attached hydrogens (tertiary/aromatic N) is 3. The van der Waals surface area contributed by atoms with Crippen molar-refractivity contribution in [2.75, 3.05) is 6.54 Å². The average molecular weight is 342 g/mol. The first kappa shape index (κ1) is 16.2. The minimum Gasteiger partial charge on any atom is -0.306 e. The van der Waals surface area contributed by atoms with Crippen LogP contribution in [0.5, 0.6) is 0 Å². The number of hydrogen-bond donors (Lipinski definition) is 1. The van der Waals surface area contributed by atoms with Gasteiger partial charge in [0.1, 0.15) is 5.82 Å². The number of hydrogen-bond acceptors (Lipinski definition) is 4. The van der Waals surface area contributed by atoms with Crippen LogP contribution in [0.4, 0.5) is 0 Å². The Morgan fingerprint density at radius 2 is 1.88 bits per heavy atom. The first-order valence-corrected chi connectivity index (χ1v) is 8.62. The molecule has 1 aliphatic rings. The second-order valence-corrected chi connectivity index (χ2v) is 6.44. The van der Waals surface area contributed by atoms with Gasteiger partial charge in [0.05, 0.1) is 22.9 Å². The molecule has 1 aromatic heterocycles. The van der Waals surface area contributed by atoms with Crippen molar-refractivity contribution in [1.82, 2.24) is 14.9 Å². The van der Waals surface area contributed by atoms with Crippen LogP contribution in [0.2, 0.25) is 0 Å². The van der Waals surface area contributed by atoms with E-state index in [0.717, 1.165) is 35.3 Å². The third-order valence-corrected chi connectivity index (χ3v) is 4.73. The Labute approximate surface area is 151 Å². The molecule has 26 heavy (non-hydrogen) atoms. The van der Waals surface area contributed by atoms with E-state index in [1.807, 2.05) is 54.6 Å². The highest BCUT2D eigenvalue weighted by Gasteiger charge is 2.22. The second kappa shape index (κ2) is 6.95. The highest BCUT2D eigenvalue weighted by Crippen LogP contribution is 2.20. The molecular weight excluding hydrogens is 324 g/mol. The van der Waals surface area contributed by atoms with Crippen molar-refractivity contribution < 1.29 is 0 Å². The Hall–Kier alpha value is -3.23. The summed E-state index contributed by atoms with van der Waals surface area (Å²) in [7, 11) is 0. The molecule has 0 amide bonds. The topological polar surface area (TPSA) is 72.8 Å². The van der Waals surface area contributed by atoms with Gasteiger partial charge in [-0.15, -0.1) is 0 Å². The Morgan fingerprint density at radius 1 is 1.12 bits per heavy atom. The molecule has 0 aliphatic carbocycles. The maximum absolute atomic E-state index is 12.6. The molecule has 0 unspecified atom stereocenters. The summed E-state index contributed by atoms with van der Waals surface area (Å²) < 4.78 is 0. The molecule has 0 fully saturated rings. The lowest BCUT2D eigenvalue weighted by Crippen LogP contribution is -2.35. The molecule has 3 aromatic rings. The molecule has 5 nitrogen and oxygen atoms in total. The van der Waals surface area contributed by atoms with Crippen LogP contribution >= 0.6 is 0 Å². The van der Waals surface area contributed by atoms with Gasteiger partial charge in [0.25, 0.3) is 5.56 Å². The van der Waals surface area contributed by atoms with Crippen LogP contribution in [-0.4, -0.2) is 21.4 Å². The summed E-state index contributed by atoms with van der Waals surface area (Å²) in [4.78, 5) is 22.4. The zero-order chi connectivity index (χ0) is 17.9. The number of aromatic amines is 1. The van der Waals surface area contributed by atoms with Crippen molar-refractivity contribution in [1.29, 1.82) is 5.26 Å². The fourth-order valence-corrected chi connectivity index (χ4v) is 3.36. The largest absolute Gasteiger partial charge is 0.306 e. The highest BCUT2D eigenvalue weighted by atomic mass is 16.1. The van der Waals surface area contributed by atoms with Gasteiger partial charge >= 0.3 is 0 Å². The molecule has 1 aliphatic heterocycles. The van der Waals surface area contributed by atoms with Crippen molar-refractivity contribution in [3.63, 3.8) is 0 Å². The third-order valence-electron chi connectivity index (χ3n) is 4.73. The maximum atomic E-state index is 12.6. The van der Waals surface area contributed by atoms with Gasteiger partial charge in [-0.3, -0.25) is 9.69 Å². The van der Waals surface area contributed by atoms with Gasteiger partial charge in [-0.05, 0) is 11.6 Å². The molecule has 2 heterocycles. The quantitative estimate of drug-likeness (QED) is 0.794. The monoisotopic (exact) mass is 342 g/mol. The molecule has 0 atom stereocenters. The van der Waals surface area contributed by atoms with E-state index in [0.29, 0.717) is 24.5 Å². The van der Waals surface area contributed by atoms with Crippen LogP contribution in [0.15, 0.2) is 59.4 Å². The maximum Gasteiger partial charge on any atom is 0.255 e. The van der Waals surface area contributed by atoms with Gasteiger partial charge in [0, 0.05) is 31.6 Å². The van der Waals surface area contributed by atoms with E-state index in [4.69, 9.17) is 0 Å². The Morgan fingerprint density at radius 3 is 2.69 bits per heavy atom. The van der Waals surface area contributed by atoms with Crippen molar-refractivity contribution in [3.8, 4) is 17.5 Å². The number of nitriles is 1. The molecule has 0 bridgehead atoms. The number of benzene rings is 2. The van der Waals surface area contributed by atoms with E-state index in [1.54, 1.807) is 0 Å². The minimum atomic E-state index is -0.0767. The molecule has 5 heteroatoms. The first-order chi connectivity index (χ1) is 12.7. The molecule has 2 aromatic carbocycles. The van der Waals surface area contributed by atoms with Crippen LogP contribution < -0.4 is 5.56 Å². The summed E-state index contributed by atoms with van der Waals surface area (Å²) in [6, 6.07) is 19.5. The standard InChI is InChI=1S/C21H18N4O/c22-12-16-8-4-5-9-17(16)13-25-11-10-19-18(14-25)21(26)24-20(23-19)15-6-2-1-3-7-15/h1-9H,10-11,13-14H2,(H,23,24,26). The van der Waals surface area contributed by atoms with E-state index in [2.05, 4.69) is 20.9 Å². The summed E-state index contributed by atoms with van der Waals surface area (Å²) in [6.07, 6.45) is 0.730. The lowest BCUT2D eigenvalue weighted by atomic mass is 10.0. The van der Waals surface area contributed by atoms with Gasteiger partial charge in [0.2, 0.25) is 0 Å². The smallest absolute Gasteiger partial charge is 0.255 e. The number of H-pyrrole nitrogens is 1. The van der Waals surface area contributed by atoms with E-state index >= 15 is 0 Å². The average Bonchev–Trinajstić information content (AvgIpc) is 2.69. The molecule has 0 saturated carbocycles. The van der Waals surface area contributed by atoms with Gasteiger partial charge < -0.3 is 4.98 Å². The predicted octanol–water partition coefficient (Wildman–Crippen LogP) is 2.87. The molecule has 128 valence electrons. The normalized spacial score (nSPS) is 13.8. The number of aromatic nitrogens is 2. The molecule has 4 rings (SSSR count). The van der Waals surface area contributed by atoms with Crippen LogP contribution in [0.3, 0.4) is 0 Å². The van der Waals surface area contributed by atoms with E-state index < -0.39 is 0 Å². The molecular formula is C21H18N4O. The SMILES string of the molecule is N#Cc1ccccc1CN1CCc2nc(-c3ccccc3)[nH]c(=O)c2C1. The van der Waals surface area contributed by atoms with Crippen LogP contribution in [-0.2, 0) is 19.5 Å². The molecule has 0 spiro atoms. The van der Waals surface area contributed by atoms with Crippen molar-refractivity contribution in [3.05, 3.63) is 87.3 Å². The van der Waals surface area contributed by atoms with Crippen molar-refractivity contribution >= 4 is 0 Å². The summed E-state index contributed by atoms with van der Waals surface area (Å²) in [5, 5.41) is 9.26. The van der Waals surface area contributed by atoms with E-state index in [1.165, 1.54) is 0 Å². The number of rotatable bonds is 3. The fourth-order valence-electron chi connectivity index (χ4n) is 3.36. The lowest BCUT2D eigenvalue weighted by Gasteiger charge is -2.28. The highest BCUT2D eigenvalue weighted by molar-refractivity contribution is 5.54. The van der Waals surface area contributed by atoms with E-state index in [-0.39, 0.29) is 5.56 Å². The molecule has 1 N–H and O–H groups in total. The Kier molecular flexibility index (Phi) is 4.34. The van der Waals surface area contributed by atoms with Gasteiger partial charge in [-0.2, -0.15) is 5.26 Å². The zero-order valence-corrected chi connectivity index (χ0v) is 14.3. The van der Waals surface area contributed by atoms with Crippen LogP contribution in [0.25, 0.3) is 11.4 Å². The summed E-state index contributed by atoms with van der Waals surface area (Å²) in [5.41, 5.74) is 4.11. The van der Waals surface area contributed by atoms with Gasteiger partial charge in [-0.25, -0.2) is 4.98 Å². The van der Waals surface area contributed by atoms with Gasteiger partial charge in [-0.1, -0.05) is 48.5 Å². The number of fused-ring (bicyclic) bond motifs is 1. The predicted molar refractivity (Wildman–Crippen MR) is 99.3 cm³/mol. The Bertz CT molecular complexity index is 1030. The van der Waals surface area contributed by atoms with Gasteiger partial charge in [0.15, 0.2) is 0 Å². The Balaban J connectivity index is 1.60. The second-order valence-electron chi connectivity index (χ2n) is 6.44.